The first-order valence-electron chi connectivity index (χ1n) is 4.33. The van der Waals surface area contributed by atoms with Gasteiger partial charge in [0, 0.05) is 14.1 Å². The number of ether oxygens (including phenoxy) is 2. The first-order valence-corrected chi connectivity index (χ1v) is 4.87. The Kier molecular flexibility index (Phi) is 6.53. The Balaban J connectivity index is 4.36. The molecule has 0 rings (SSSR count). The third-order valence-corrected chi connectivity index (χ3v) is 1.54. The second-order valence-corrected chi connectivity index (χ2v) is 3.03. The van der Waals surface area contributed by atoms with Crippen LogP contribution in [0.5, 0.6) is 0 Å². The molecule has 0 aromatic heterocycles. The van der Waals surface area contributed by atoms with Crippen LogP contribution in [0.3, 0.4) is 0 Å². The Morgan fingerprint density at radius 1 is 1.40 bits per heavy atom. The summed E-state index contributed by atoms with van der Waals surface area (Å²) in [7, 11) is 3.05. The average Bonchev–Trinajstić information content (AvgIpc) is 2.16. The summed E-state index contributed by atoms with van der Waals surface area (Å²) in [5.41, 5.74) is 0. The maximum absolute atomic E-state index is 11.1. The quantitative estimate of drug-likeness (QED) is 0.320. The minimum absolute atomic E-state index is 0.0637. The van der Waals surface area contributed by atoms with Crippen molar-refractivity contribution < 1.29 is 19.1 Å². The summed E-state index contributed by atoms with van der Waals surface area (Å²) < 4.78 is 9.43. The molecule has 0 N–H and O–H groups in total. The maximum atomic E-state index is 11.1. The molecule has 86 valence electrons. The standard InChI is InChI=1S/C9H14ClNO4/c1-4-14-8(12)5-7(6-10)15-9(13)11(2)3/h5H,4,6H2,1-3H3/b7-5-. The van der Waals surface area contributed by atoms with E-state index in [0.29, 0.717) is 0 Å². The lowest BCUT2D eigenvalue weighted by atomic mass is 10.5. The molecule has 0 spiro atoms. The van der Waals surface area contributed by atoms with Crippen LogP contribution in [-0.4, -0.2) is 43.5 Å². The predicted octanol–water partition coefficient (Wildman–Crippen LogP) is 1.37. The number of hydrogen-bond acceptors (Lipinski definition) is 4. The summed E-state index contributed by atoms with van der Waals surface area (Å²) >= 11 is 5.49. The first-order chi connectivity index (χ1) is 7.01. The lowest BCUT2D eigenvalue weighted by molar-refractivity contribution is -0.137. The highest BCUT2D eigenvalue weighted by atomic mass is 35.5. The highest BCUT2D eigenvalue weighted by molar-refractivity contribution is 6.19. The minimum atomic E-state index is -0.591. The molecule has 1 amide bonds. The number of rotatable bonds is 4. The van der Waals surface area contributed by atoms with E-state index in [4.69, 9.17) is 16.3 Å². The summed E-state index contributed by atoms with van der Waals surface area (Å²) in [6, 6.07) is 0. The first kappa shape index (κ1) is 13.8. The van der Waals surface area contributed by atoms with Gasteiger partial charge in [0.25, 0.3) is 0 Å². The number of carbonyl (C=O) groups is 2. The highest BCUT2D eigenvalue weighted by Gasteiger charge is 2.10. The number of carbonyl (C=O) groups excluding carboxylic acids is 2. The van der Waals surface area contributed by atoms with E-state index in [9.17, 15) is 9.59 Å². The van der Waals surface area contributed by atoms with Gasteiger partial charge in [-0.05, 0) is 6.92 Å². The molecule has 0 saturated carbocycles. The molecule has 0 radical (unpaired) electrons. The van der Waals surface area contributed by atoms with E-state index < -0.39 is 12.1 Å². The van der Waals surface area contributed by atoms with Crippen molar-refractivity contribution in [3.8, 4) is 0 Å². The average molecular weight is 236 g/mol. The van der Waals surface area contributed by atoms with Crippen LogP contribution in [0.15, 0.2) is 11.8 Å². The lowest BCUT2D eigenvalue weighted by Crippen LogP contribution is -2.23. The molecule has 0 heterocycles. The third kappa shape index (κ3) is 5.96. The maximum Gasteiger partial charge on any atom is 0.414 e. The SMILES string of the molecule is CCOC(=O)/C=C(/CCl)OC(=O)N(C)C. The monoisotopic (exact) mass is 235 g/mol. The van der Waals surface area contributed by atoms with Gasteiger partial charge in [-0.1, -0.05) is 0 Å². The molecule has 6 heteroatoms. The number of nitrogens with zero attached hydrogens (tertiary/aromatic N) is 1. The molecular formula is C9H14ClNO4. The zero-order valence-electron chi connectivity index (χ0n) is 8.95. The summed E-state index contributed by atoms with van der Waals surface area (Å²) in [5.74, 6) is -0.591. The third-order valence-electron chi connectivity index (χ3n) is 1.28. The van der Waals surface area contributed by atoms with Gasteiger partial charge in [0.05, 0.1) is 18.6 Å². The second kappa shape index (κ2) is 7.11. The summed E-state index contributed by atoms with van der Waals surface area (Å²) in [5, 5.41) is 0. The molecular weight excluding hydrogens is 222 g/mol. The van der Waals surface area contributed by atoms with Gasteiger partial charge in [-0.25, -0.2) is 9.59 Å². The van der Waals surface area contributed by atoms with Crippen molar-refractivity contribution in [1.82, 2.24) is 4.90 Å². The molecule has 0 unspecified atom stereocenters. The fourth-order valence-corrected chi connectivity index (χ4v) is 0.746. The molecule has 0 aromatic rings. The lowest BCUT2D eigenvalue weighted by Gasteiger charge is -2.11. The molecule has 0 bridgehead atoms. The van der Waals surface area contributed by atoms with Crippen LogP contribution in [0.2, 0.25) is 0 Å². The van der Waals surface area contributed by atoms with E-state index in [1.165, 1.54) is 19.0 Å². The fourth-order valence-electron chi connectivity index (χ4n) is 0.614. The molecule has 5 nitrogen and oxygen atoms in total. The number of halogens is 1. The van der Waals surface area contributed by atoms with Gasteiger partial charge in [0.15, 0.2) is 0 Å². The summed E-state index contributed by atoms with van der Waals surface area (Å²) in [4.78, 5) is 23.3. The van der Waals surface area contributed by atoms with Crippen LogP contribution in [0, 0.1) is 0 Å². The number of esters is 1. The topological polar surface area (TPSA) is 55.8 Å². The largest absolute Gasteiger partial charge is 0.463 e. The zero-order valence-corrected chi connectivity index (χ0v) is 9.71. The van der Waals surface area contributed by atoms with Crippen molar-refractivity contribution in [3.63, 3.8) is 0 Å². The fraction of sp³-hybridized carbons (Fsp3) is 0.556. The van der Waals surface area contributed by atoms with Crippen LogP contribution in [0.25, 0.3) is 0 Å². The van der Waals surface area contributed by atoms with E-state index in [-0.39, 0.29) is 18.2 Å². The van der Waals surface area contributed by atoms with E-state index in [1.54, 1.807) is 6.92 Å². The number of allylic oxidation sites excluding steroid dienone is 1. The Labute approximate surface area is 93.6 Å². The zero-order chi connectivity index (χ0) is 11.8. The second-order valence-electron chi connectivity index (χ2n) is 2.76. The minimum Gasteiger partial charge on any atom is -0.463 e. The van der Waals surface area contributed by atoms with E-state index >= 15 is 0 Å². The van der Waals surface area contributed by atoms with E-state index in [0.717, 1.165) is 6.08 Å². The van der Waals surface area contributed by atoms with Gasteiger partial charge < -0.3 is 14.4 Å². The summed E-state index contributed by atoms with van der Waals surface area (Å²) in [6.45, 7) is 1.93. The van der Waals surface area contributed by atoms with Crippen molar-refractivity contribution in [2.24, 2.45) is 0 Å². The van der Waals surface area contributed by atoms with E-state index in [1.807, 2.05) is 0 Å². The Bertz CT molecular complexity index is 263. The van der Waals surface area contributed by atoms with Gasteiger partial charge in [0.1, 0.15) is 5.76 Å². The highest BCUT2D eigenvalue weighted by Crippen LogP contribution is 2.03. The molecule has 0 aliphatic carbocycles. The van der Waals surface area contributed by atoms with Crippen LogP contribution in [0.4, 0.5) is 4.79 Å². The predicted molar refractivity (Wildman–Crippen MR) is 55.6 cm³/mol. The normalized spacial score (nSPS) is 10.8. The van der Waals surface area contributed by atoms with Crippen LogP contribution >= 0.6 is 11.6 Å². The van der Waals surface area contributed by atoms with Gasteiger partial charge in [0.2, 0.25) is 0 Å². The smallest absolute Gasteiger partial charge is 0.414 e. The summed E-state index contributed by atoms with van der Waals surface area (Å²) in [6.07, 6.45) is 0.462. The molecule has 0 atom stereocenters. The molecule has 0 saturated heterocycles. The molecule has 0 aliphatic rings. The molecule has 15 heavy (non-hydrogen) atoms. The van der Waals surface area contributed by atoms with Crippen LogP contribution < -0.4 is 0 Å². The van der Waals surface area contributed by atoms with Crippen molar-refractivity contribution in [3.05, 3.63) is 11.8 Å². The number of alkyl halides is 1. The molecule has 0 fully saturated rings. The van der Waals surface area contributed by atoms with Gasteiger partial charge >= 0.3 is 12.1 Å². The van der Waals surface area contributed by atoms with Crippen LogP contribution in [-0.2, 0) is 14.3 Å². The van der Waals surface area contributed by atoms with E-state index in [2.05, 4.69) is 4.74 Å². The Morgan fingerprint density at radius 2 is 2.00 bits per heavy atom. The van der Waals surface area contributed by atoms with Crippen molar-refractivity contribution in [1.29, 1.82) is 0 Å². The Morgan fingerprint density at radius 3 is 2.40 bits per heavy atom. The van der Waals surface area contributed by atoms with Crippen molar-refractivity contribution in [2.75, 3.05) is 26.6 Å². The Hall–Kier alpha value is -1.23. The van der Waals surface area contributed by atoms with Gasteiger partial charge in [-0.2, -0.15) is 0 Å². The van der Waals surface area contributed by atoms with Gasteiger partial charge in [-0.15, -0.1) is 11.6 Å². The number of hydrogen-bond donors (Lipinski definition) is 0. The number of amides is 1. The van der Waals surface area contributed by atoms with Crippen molar-refractivity contribution in [2.45, 2.75) is 6.92 Å². The van der Waals surface area contributed by atoms with Gasteiger partial charge in [-0.3, -0.25) is 0 Å². The van der Waals surface area contributed by atoms with Crippen molar-refractivity contribution >= 4 is 23.7 Å². The molecule has 0 aromatic carbocycles. The molecule has 0 aliphatic heterocycles. The van der Waals surface area contributed by atoms with Crippen LogP contribution in [0.1, 0.15) is 6.92 Å².